The van der Waals surface area contributed by atoms with Crippen LogP contribution in [-0.4, -0.2) is 9.78 Å². The van der Waals surface area contributed by atoms with Crippen molar-refractivity contribution in [1.82, 2.24) is 9.78 Å². The van der Waals surface area contributed by atoms with Gasteiger partial charge in [-0.3, -0.25) is 4.68 Å². The Labute approximate surface area is 86.4 Å². The van der Waals surface area contributed by atoms with Crippen molar-refractivity contribution in [2.45, 2.75) is 0 Å². The van der Waals surface area contributed by atoms with Crippen molar-refractivity contribution in [2.24, 2.45) is 7.05 Å². The molecule has 2 rings (SSSR count). The van der Waals surface area contributed by atoms with Gasteiger partial charge in [0.25, 0.3) is 0 Å². The van der Waals surface area contributed by atoms with Gasteiger partial charge in [-0.2, -0.15) is 10.4 Å². The number of nitriles is 1. The van der Waals surface area contributed by atoms with E-state index >= 15 is 0 Å². The fraction of sp³-hybridized carbons (Fsp3) is 0.0909. The summed E-state index contributed by atoms with van der Waals surface area (Å²) in [5, 5.41) is 12.7. The van der Waals surface area contributed by atoms with Crippen LogP contribution in [0.25, 0.3) is 11.3 Å². The molecular weight excluding hydrogens is 193 g/mol. The lowest BCUT2D eigenvalue weighted by atomic mass is 10.1. The van der Waals surface area contributed by atoms with Crippen LogP contribution in [0.5, 0.6) is 0 Å². The number of aryl methyl sites for hydroxylation is 1. The zero-order valence-electron chi connectivity index (χ0n) is 8.11. The van der Waals surface area contributed by atoms with E-state index in [0.717, 1.165) is 11.3 Å². The van der Waals surface area contributed by atoms with Crippen molar-refractivity contribution in [3.05, 3.63) is 41.8 Å². The van der Waals surface area contributed by atoms with E-state index in [0.29, 0.717) is 5.69 Å². The maximum Gasteiger partial charge on any atom is 0.163 e. The predicted molar refractivity (Wildman–Crippen MR) is 53.3 cm³/mol. The predicted octanol–water partition coefficient (Wildman–Crippen LogP) is 2.10. The number of halogens is 1. The first-order valence-electron chi connectivity index (χ1n) is 4.41. The quantitative estimate of drug-likeness (QED) is 0.709. The lowest BCUT2D eigenvalue weighted by Crippen LogP contribution is -1.93. The van der Waals surface area contributed by atoms with Crippen LogP contribution in [-0.2, 0) is 7.05 Å². The lowest BCUT2D eigenvalue weighted by Gasteiger charge is -2.00. The highest BCUT2D eigenvalue weighted by Gasteiger charge is 2.06. The largest absolute Gasteiger partial charge is 0.267 e. The molecule has 0 spiro atoms. The van der Waals surface area contributed by atoms with Gasteiger partial charge < -0.3 is 0 Å². The van der Waals surface area contributed by atoms with Crippen LogP contribution in [0.2, 0.25) is 0 Å². The maximum atomic E-state index is 12.7. The summed E-state index contributed by atoms with van der Waals surface area (Å²) >= 11 is 0. The third-order valence-corrected chi connectivity index (χ3v) is 2.13. The monoisotopic (exact) mass is 201 g/mol. The fourth-order valence-electron chi connectivity index (χ4n) is 1.41. The van der Waals surface area contributed by atoms with Crippen molar-refractivity contribution < 1.29 is 4.39 Å². The van der Waals surface area contributed by atoms with E-state index in [4.69, 9.17) is 5.26 Å². The van der Waals surface area contributed by atoms with Crippen LogP contribution in [0.4, 0.5) is 4.39 Å². The molecule has 0 radical (unpaired) electrons. The third-order valence-electron chi connectivity index (χ3n) is 2.13. The summed E-state index contributed by atoms with van der Waals surface area (Å²) < 4.78 is 14.3. The second-order valence-electron chi connectivity index (χ2n) is 3.16. The van der Waals surface area contributed by atoms with E-state index in [-0.39, 0.29) is 5.82 Å². The van der Waals surface area contributed by atoms with E-state index in [2.05, 4.69) is 5.10 Å². The van der Waals surface area contributed by atoms with E-state index in [1.165, 1.54) is 12.1 Å². The van der Waals surface area contributed by atoms with Crippen LogP contribution in [0.1, 0.15) is 5.69 Å². The summed E-state index contributed by atoms with van der Waals surface area (Å²) in [4.78, 5) is 0. The Kier molecular flexibility index (Phi) is 2.22. The van der Waals surface area contributed by atoms with Crippen molar-refractivity contribution in [3.63, 3.8) is 0 Å². The summed E-state index contributed by atoms with van der Waals surface area (Å²) in [6.07, 6.45) is 0. The first-order valence-corrected chi connectivity index (χ1v) is 4.41. The Hall–Kier alpha value is -2.15. The number of rotatable bonds is 1. The molecule has 0 aliphatic carbocycles. The molecule has 74 valence electrons. The van der Waals surface area contributed by atoms with E-state index < -0.39 is 0 Å². The van der Waals surface area contributed by atoms with Crippen LogP contribution in [0.15, 0.2) is 30.3 Å². The molecule has 0 aliphatic rings. The van der Waals surface area contributed by atoms with Crippen molar-refractivity contribution in [3.8, 4) is 17.3 Å². The van der Waals surface area contributed by atoms with Gasteiger partial charge in [-0.1, -0.05) is 0 Å². The minimum Gasteiger partial charge on any atom is -0.267 e. The molecule has 0 saturated carbocycles. The summed E-state index contributed by atoms with van der Waals surface area (Å²) in [6.45, 7) is 0. The fourth-order valence-corrected chi connectivity index (χ4v) is 1.41. The summed E-state index contributed by atoms with van der Waals surface area (Å²) in [7, 11) is 1.75. The van der Waals surface area contributed by atoms with Gasteiger partial charge in [-0.05, 0) is 24.3 Å². The SMILES string of the molecule is Cn1nc(C#N)cc1-c1ccc(F)cc1. The smallest absolute Gasteiger partial charge is 0.163 e. The maximum absolute atomic E-state index is 12.7. The lowest BCUT2D eigenvalue weighted by molar-refractivity contribution is 0.628. The van der Waals surface area contributed by atoms with Gasteiger partial charge >= 0.3 is 0 Å². The van der Waals surface area contributed by atoms with E-state index in [1.807, 2.05) is 6.07 Å². The van der Waals surface area contributed by atoms with Gasteiger partial charge in [0, 0.05) is 18.7 Å². The first kappa shape index (κ1) is 9.41. The third kappa shape index (κ3) is 1.72. The Balaban J connectivity index is 2.50. The zero-order chi connectivity index (χ0) is 10.8. The van der Waals surface area contributed by atoms with Gasteiger partial charge in [-0.25, -0.2) is 4.39 Å². The molecule has 0 saturated heterocycles. The molecule has 0 fully saturated rings. The average Bonchev–Trinajstić information content (AvgIpc) is 2.61. The summed E-state index contributed by atoms with van der Waals surface area (Å²) in [6, 6.07) is 9.72. The highest BCUT2D eigenvalue weighted by atomic mass is 19.1. The molecule has 1 aromatic heterocycles. The highest BCUT2D eigenvalue weighted by Crippen LogP contribution is 2.19. The van der Waals surface area contributed by atoms with Gasteiger partial charge in [0.1, 0.15) is 11.9 Å². The van der Waals surface area contributed by atoms with Gasteiger partial charge in [-0.15, -0.1) is 0 Å². The van der Waals surface area contributed by atoms with Crippen LogP contribution >= 0.6 is 0 Å². The topological polar surface area (TPSA) is 41.6 Å². The second-order valence-corrected chi connectivity index (χ2v) is 3.16. The van der Waals surface area contributed by atoms with Gasteiger partial charge in [0.15, 0.2) is 5.69 Å². The Morgan fingerprint density at radius 3 is 2.53 bits per heavy atom. The number of aromatic nitrogens is 2. The molecule has 0 unspecified atom stereocenters. The Morgan fingerprint density at radius 1 is 1.33 bits per heavy atom. The van der Waals surface area contributed by atoms with Crippen molar-refractivity contribution >= 4 is 0 Å². The van der Waals surface area contributed by atoms with Crippen molar-refractivity contribution in [1.29, 1.82) is 5.26 Å². The summed E-state index contributed by atoms with van der Waals surface area (Å²) in [5.41, 5.74) is 2.00. The zero-order valence-corrected chi connectivity index (χ0v) is 8.11. The van der Waals surface area contributed by atoms with Crippen LogP contribution in [0, 0.1) is 17.1 Å². The molecule has 0 amide bonds. The van der Waals surface area contributed by atoms with Gasteiger partial charge in [0.2, 0.25) is 0 Å². The molecule has 4 heteroatoms. The van der Waals surface area contributed by atoms with Crippen LogP contribution in [0.3, 0.4) is 0 Å². The van der Waals surface area contributed by atoms with Crippen LogP contribution < -0.4 is 0 Å². The molecule has 0 N–H and O–H groups in total. The molecule has 0 aliphatic heterocycles. The minimum atomic E-state index is -0.276. The normalized spacial score (nSPS) is 9.93. The Morgan fingerprint density at radius 2 is 2.00 bits per heavy atom. The molecule has 2 aromatic rings. The Bertz CT molecular complexity index is 520. The van der Waals surface area contributed by atoms with E-state index in [9.17, 15) is 4.39 Å². The first-order chi connectivity index (χ1) is 7.20. The summed E-state index contributed by atoms with van der Waals surface area (Å²) in [5.74, 6) is -0.276. The molecule has 1 aromatic carbocycles. The molecule has 1 heterocycles. The molecule has 3 nitrogen and oxygen atoms in total. The average molecular weight is 201 g/mol. The molecule has 0 bridgehead atoms. The highest BCUT2D eigenvalue weighted by molar-refractivity contribution is 5.60. The number of hydrogen-bond donors (Lipinski definition) is 0. The standard InChI is InChI=1S/C11H8FN3/c1-15-11(6-10(7-13)14-15)8-2-4-9(12)5-3-8/h2-6H,1H3. The number of hydrogen-bond acceptors (Lipinski definition) is 2. The van der Waals surface area contributed by atoms with Crippen molar-refractivity contribution in [2.75, 3.05) is 0 Å². The second kappa shape index (κ2) is 3.54. The van der Waals surface area contributed by atoms with Gasteiger partial charge in [0.05, 0.1) is 5.69 Å². The van der Waals surface area contributed by atoms with E-state index in [1.54, 1.807) is 29.9 Å². The minimum absolute atomic E-state index is 0.276. The number of benzene rings is 1. The number of nitrogens with zero attached hydrogens (tertiary/aromatic N) is 3. The molecular formula is C11H8FN3. The molecule has 15 heavy (non-hydrogen) atoms. The molecule has 0 atom stereocenters.